The molecule has 1 aromatic rings. The highest BCUT2D eigenvalue weighted by atomic mass is 16.5. The summed E-state index contributed by atoms with van der Waals surface area (Å²) in [5.41, 5.74) is 6.84. The number of aliphatic hydroxyl groups is 1. The Hall–Kier alpha value is -1.95. The van der Waals surface area contributed by atoms with Crippen molar-refractivity contribution in [1.82, 2.24) is 5.32 Å². The largest absolute Gasteiger partial charge is 0.493 e. The van der Waals surface area contributed by atoms with Crippen molar-refractivity contribution in [3.05, 3.63) is 23.8 Å². The summed E-state index contributed by atoms with van der Waals surface area (Å²) in [5, 5.41) is 12.3. The molecule has 0 unspecified atom stereocenters. The number of nitrogens with one attached hydrogen (secondary N) is 1. The van der Waals surface area contributed by atoms with Crippen LogP contribution in [0.3, 0.4) is 0 Å². The van der Waals surface area contributed by atoms with Crippen molar-refractivity contribution in [3.8, 4) is 11.5 Å². The van der Waals surface area contributed by atoms with Crippen molar-refractivity contribution in [2.24, 2.45) is 16.1 Å². The van der Waals surface area contributed by atoms with E-state index in [-0.39, 0.29) is 12.0 Å². The van der Waals surface area contributed by atoms with E-state index in [2.05, 4.69) is 10.3 Å². The van der Waals surface area contributed by atoms with Crippen LogP contribution < -0.4 is 20.5 Å². The van der Waals surface area contributed by atoms with Gasteiger partial charge in [0, 0.05) is 12.0 Å². The summed E-state index contributed by atoms with van der Waals surface area (Å²) in [6.07, 6.45) is 2.08. The summed E-state index contributed by atoms with van der Waals surface area (Å²) < 4.78 is 10.4. The lowest BCUT2D eigenvalue weighted by molar-refractivity contribution is 0.212. The fourth-order valence-corrected chi connectivity index (χ4v) is 2.06. The molecule has 1 fully saturated rings. The Morgan fingerprint density at radius 1 is 1.33 bits per heavy atom. The Morgan fingerprint density at radius 3 is 2.62 bits per heavy atom. The van der Waals surface area contributed by atoms with Crippen molar-refractivity contribution in [2.75, 3.05) is 27.4 Å². The lowest BCUT2D eigenvalue weighted by atomic mass is 10.1. The topological polar surface area (TPSA) is 89.1 Å². The van der Waals surface area contributed by atoms with Gasteiger partial charge >= 0.3 is 0 Å². The van der Waals surface area contributed by atoms with Crippen LogP contribution in [0.4, 0.5) is 0 Å². The number of guanidine groups is 1. The predicted octanol–water partition coefficient (Wildman–Crippen LogP) is 0.881. The van der Waals surface area contributed by atoms with Gasteiger partial charge in [-0.15, -0.1) is 0 Å². The molecule has 2 rings (SSSR count). The molecule has 116 valence electrons. The Bertz CT molecular complexity index is 513. The minimum absolute atomic E-state index is 0.0173. The summed E-state index contributed by atoms with van der Waals surface area (Å²) in [7, 11) is 3.21. The van der Waals surface area contributed by atoms with E-state index >= 15 is 0 Å². The summed E-state index contributed by atoms with van der Waals surface area (Å²) in [5.74, 6) is 1.76. The van der Waals surface area contributed by atoms with Crippen molar-refractivity contribution >= 4 is 5.96 Å². The molecule has 0 spiro atoms. The maximum Gasteiger partial charge on any atom is 0.188 e. The number of nitrogens with two attached hydrogens (primary N) is 1. The second kappa shape index (κ2) is 6.67. The molecule has 6 heteroatoms. The molecule has 1 aromatic carbocycles. The van der Waals surface area contributed by atoms with Gasteiger partial charge in [-0.2, -0.15) is 0 Å². The first-order valence-electron chi connectivity index (χ1n) is 6.98. The summed E-state index contributed by atoms with van der Waals surface area (Å²) in [4.78, 5) is 4.30. The van der Waals surface area contributed by atoms with Gasteiger partial charge in [0.2, 0.25) is 0 Å². The van der Waals surface area contributed by atoms with E-state index in [1.54, 1.807) is 14.2 Å². The maximum absolute atomic E-state index is 9.24. The van der Waals surface area contributed by atoms with E-state index in [9.17, 15) is 5.11 Å². The normalized spacial score (nSPS) is 16.4. The third kappa shape index (κ3) is 4.01. The number of nitrogens with zero attached hydrogens (tertiary/aromatic N) is 1. The standard InChI is InChI=1S/C15H23N3O3/c1-20-12-4-3-11(7-13(12)21-2)8-17-14(16)18-9-15(10-19)5-6-15/h3-4,7,19H,5-6,8-10H2,1-2H3,(H3,16,17,18). The molecule has 1 saturated carbocycles. The number of benzene rings is 1. The monoisotopic (exact) mass is 293 g/mol. The van der Waals surface area contributed by atoms with Crippen LogP contribution in [0.1, 0.15) is 18.4 Å². The van der Waals surface area contributed by atoms with Gasteiger partial charge in [-0.3, -0.25) is 0 Å². The number of aliphatic hydroxyl groups excluding tert-OH is 1. The van der Waals surface area contributed by atoms with Crippen molar-refractivity contribution in [3.63, 3.8) is 0 Å². The molecule has 1 aliphatic rings. The zero-order valence-electron chi connectivity index (χ0n) is 12.6. The molecule has 0 heterocycles. The molecule has 0 aromatic heterocycles. The first-order chi connectivity index (χ1) is 10.1. The summed E-state index contributed by atoms with van der Waals surface area (Å²) in [6, 6.07) is 5.65. The highest BCUT2D eigenvalue weighted by molar-refractivity contribution is 5.77. The van der Waals surface area contributed by atoms with Gasteiger partial charge in [0.15, 0.2) is 17.5 Å². The number of hydrogen-bond acceptors (Lipinski definition) is 4. The van der Waals surface area contributed by atoms with Crippen molar-refractivity contribution < 1.29 is 14.6 Å². The summed E-state index contributed by atoms with van der Waals surface area (Å²) in [6.45, 7) is 1.33. The van der Waals surface area contributed by atoms with Crippen LogP contribution in [0.15, 0.2) is 23.2 Å². The Labute approximate surface area is 125 Å². The molecule has 0 saturated heterocycles. The smallest absolute Gasteiger partial charge is 0.188 e. The first kappa shape index (κ1) is 15.4. The zero-order valence-corrected chi connectivity index (χ0v) is 12.6. The molecule has 0 atom stereocenters. The quantitative estimate of drug-likeness (QED) is 0.513. The minimum atomic E-state index is 0.0173. The molecule has 4 N–H and O–H groups in total. The third-order valence-corrected chi connectivity index (χ3v) is 3.82. The van der Waals surface area contributed by atoms with Crippen LogP contribution in [0.25, 0.3) is 0 Å². The number of hydrogen-bond donors (Lipinski definition) is 3. The van der Waals surface area contributed by atoms with Crippen molar-refractivity contribution in [1.29, 1.82) is 0 Å². The number of methoxy groups -OCH3 is 2. The van der Waals surface area contributed by atoms with Crippen LogP contribution in [-0.2, 0) is 6.54 Å². The number of rotatable bonds is 7. The molecule has 1 aliphatic carbocycles. The van der Waals surface area contributed by atoms with Gasteiger partial charge < -0.3 is 25.6 Å². The van der Waals surface area contributed by atoms with Gasteiger partial charge in [-0.1, -0.05) is 6.07 Å². The molecule has 0 radical (unpaired) electrons. The molecular weight excluding hydrogens is 270 g/mol. The van der Waals surface area contributed by atoms with Gasteiger partial charge in [-0.05, 0) is 30.5 Å². The van der Waals surface area contributed by atoms with Crippen LogP contribution in [0.2, 0.25) is 0 Å². The molecule has 0 bridgehead atoms. The second-order valence-electron chi connectivity index (χ2n) is 5.40. The fraction of sp³-hybridized carbons (Fsp3) is 0.533. The number of ether oxygens (including phenoxy) is 2. The van der Waals surface area contributed by atoms with Gasteiger partial charge in [0.1, 0.15) is 0 Å². The third-order valence-electron chi connectivity index (χ3n) is 3.82. The van der Waals surface area contributed by atoms with E-state index in [4.69, 9.17) is 15.2 Å². The first-order valence-corrected chi connectivity index (χ1v) is 6.98. The average Bonchev–Trinajstić information content (AvgIpc) is 3.31. The molecule has 0 amide bonds. The minimum Gasteiger partial charge on any atom is -0.493 e. The Morgan fingerprint density at radius 2 is 2.05 bits per heavy atom. The van der Waals surface area contributed by atoms with Gasteiger partial charge in [0.05, 0.1) is 27.4 Å². The molecule has 6 nitrogen and oxygen atoms in total. The highest BCUT2D eigenvalue weighted by Crippen LogP contribution is 2.44. The highest BCUT2D eigenvalue weighted by Gasteiger charge is 2.41. The van der Waals surface area contributed by atoms with E-state index < -0.39 is 0 Å². The second-order valence-corrected chi connectivity index (χ2v) is 5.40. The van der Waals surface area contributed by atoms with Gasteiger partial charge in [-0.25, -0.2) is 4.99 Å². The van der Waals surface area contributed by atoms with Crippen molar-refractivity contribution in [2.45, 2.75) is 19.4 Å². The van der Waals surface area contributed by atoms with Crippen LogP contribution in [0, 0.1) is 5.41 Å². The SMILES string of the molecule is COc1ccc(CN=C(N)NCC2(CO)CC2)cc1OC. The lowest BCUT2D eigenvalue weighted by Gasteiger charge is -2.13. The van der Waals surface area contributed by atoms with Crippen LogP contribution in [-0.4, -0.2) is 38.4 Å². The van der Waals surface area contributed by atoms with E-state index in [1.165, 1.54) is 0 Å². The molecule has 21 heavy (non-hydrogen) atoms. The van der Waals surface area contributed by atoms with Crippen LogP contribution >= 0.6 is 0 Å². The van der Waals surface area contributed by atoms with Crippen LogP contribution in [0.5, 0.6) is 11.5 Å². The maximum atomic E-state index is 9.24. The average molecular weight is 293 g/mol. The van der Waals surface area contributed by atoms with Gasteiger partial charge in [0.25, 0.3) is 0 Å². The summed E-state index contributed by atoms with van der Waals surface area (Å²) >= 11 is 0. The Kier molecular flexibility index (Phi) is 4.90. The molecule has 0 aliphatic heterocycles. The predicted molar refractivity (Wildman–Crippen MR) is 81.6 cm³/mol. The number of aliphatic imine (C=N–C) groups is 1. The lowest BCUT2D eigenvalue weighted by Crippen LogP contribution is -2.37. The van der Waals surface area contributed by atoms with E-state index in [0.29, 0.717) is 30.5 Å². The van der Waals surface area contributed by atoms with E-state index in [0.717, 1.165) is 18.4 Å². The zero-order chi connectivity index (χ0) is 15.3. The fourth-order valence-electron chi connectivity index (χ4n) is 2.06. The molecular formula is C15H23N3O3. The Balaban J connectivity index is 1.90. The van der Waals surface area contributed by atoms with E-state index in [1.807, 2.05) is 18.2 Å².